The van der Waals surface area contributed by atoms with Crippen LogP contribution in [-0.2, 0) is 0 Å². The minimum Gasteiger partial charge on any atom is -0.351 e. The summed E-state index contributed by atoms with van der Waals surface area (Å²) in [6.07, 6.45) is 4.33. The van der Waals surface area contributed by atoms with Crippen molar-refractivity contribution in [3.05, 3.63) is 21.1 Å². The van der Waals surface area contributed by atoms with E-state index in [0.29, 0.717) is 11.5 Å². The van der Waals surface area contributed by atoms with Crippen molar-refractivity contribution in [3.8, 4) is 0 Å². The summed E-state index contributed by atoms with van der Waals surface area (Å²) in [5.41, 5.74) is 0.261. The maximum absolute atomic E-state index is 11.2. The molecular weight excluding hydrogens is 280 g/mol. The lowest BCUT2D eigenvalue weighted by Crippen LogP contribution is -2.36. The fraction of sp³-hybridized carbons (Fsp3) is 0.692. The van der Waals surface area contributed by atoms with Crippen LogP contribution < -0.4 is 4.90 Å². The summed E-state index contributed by atoms with van der Waals surface area (Å²) >= 11 is 5.86. The van der Waals surface area contributed by atoms with Crippen LogP contribution in [0.25, 0.3) is 0 Å². The number of hydrogen-bond acceptors (Lipinski definition) is 5. The third-order valence-corrected chi connectivity index (χ3v) is 4.23. The lowest BCUT2D eigenvalue weighted by atomic mass is 9.87. The van der Waals surface area contributed by atoms with Gasteiger partial charge in [0.2, 0.25) is 11.1 Å². The zero-order chi connectivity index (χ0) is 14.9. The number of aromatic nitrogens is 2. The molecule has 6 nitrogen and oxygen atoms in total. The summed E-state index contributed by atoms with van der Waals surface area (Å²) in [5, 5.41) is 11.3. The number of nitro groups is 1. The van der Waals surface area contributed by atoms with Crippen molar-refractivity contribution in [2.75, 3.05) is 11.9 Å². The van der Waals surface area contributed by atoms with E-state index < -0.39 is 4.92 Å². The van der Waals surface area contributed by atoms with Gasteiger partial charge in [-0.3, -0.25) is 10.1 Å². The van der Waals surface area contributed by atoms with Crippen molar-refractivity contribution in [1.29, 1.82) is 0 Å². The zero-order valence-corrected chi connectivity index (χ0v) is 12.7. The van der Waals surface area contributed by atoms with Crippen molar-refractivity contribution < 1.29 is 4.92 Å². The molecule has 0 atom stereocenters. The van der Waals surface area contributed by atoms with E-state index >= 15 is 0 Å². The molecule has 20 heavy (non-hydrogen) atoms. The average Bonchev–Trinajstić information content (AvgIpc) is 2.37. The second-order valence-electron chi connectivity index (χ2n) is 5.53. The van der Waals surface area contributed by atoms with E-state index in [-0.39, 0.29) is 17.0 Å². The van der Waals surface area contributed by atoms with E-state index in [1.807, 2.05) is 11.9 Å². The van der Waals surface area contributed by atoms with Crippen LogP contribution in [0.5, 0.6) is 0 Å². The highest BCUT2D eigenvalue weighted by Crippen LogP contribution is 2.34. The fourth-order valence-corrected chi connectivity index (χ4v) is 2.99. The van der Waals surface area contributed by atoms with Gasteiger partial charge in [-0.25, -0.2) is 4.98 Å². The van der Waals surface area contributed by atoms with E-state index in [1.165, 1.54) is 0 Å². The Bertz CT molecular complexity index is 515. The van der Waals surface area contributed by atoms with Gasteiger partial charge >= 0.3 is 5.69 Å². The molecule has 2 rings (SSSR count). The Labute approximate surface area is 123 Å². The maximum atomic E-state index is 11.2. The van der Waals surface area contributed by atoms with Gasteiger partial charge in [0.1, 0.15) is 5.69 Å². The van der Waals surface area contributed by atoms with Crippen LogP contribution in [0.1, 0.15) is 38.3 Å². The van der Waals surface area contributed by atoms with Gasteiger partial charge < -0.3 is 4.90 Å². The molecule has 0 N–H and O–H groups in total. The van der Waals surface area contributed by atoms with E-state index in [2.05, 4.69) is 16.9 Å². The third-order valence-electron chi connectivity index (χ3n) is 4.06. The van der Waals surface area contributed by atoms with Crippen LogP contribution in [0.3, 0.4) is 0 Å². The van der Waals surface area contributed by atoms with Crippen molar-refractivity contribution in [2.24, 2.45) is 5.92 Å². The quantitative estimate of drug-likeness (QED) is 0.486. The predicted molar refractivity (Wildman–Crippen MR) is 78.3 cm³/mol. The van der Waals surface area contributed by atoms with Crippen molar-refractivity contribution in [2.45, 2.75) is 45.6 Å². The first-order valence-corrected chi connectivity index (χ1v) is 7.19. The molecule has 1 aromatic rings. The van der Waals surface area contributed by atoms with Gasteiger partial charge in [-0.1, -0.05) is 6.92 Å². The first-order valence-electron chi connectivity index (χ1n) is 6.81. The molecule has 110 valence electrons. The molecule has 0 radical (unpaired) electrons. The second kappa shape index (κ2) is 5.91. The lowest BCUT2D eigenvalue weighted by Gasteiger charge is -2.34. The summed E-state index contributed by atoms with van der Waals surface area (Å²) in [7, 11) is 1.85. The van der Waals surface area contributed by atoms with Crippen molar-refractivity contribution in [3.63, 3.8) is 0 Å². The summed E-state index contributed by atoms with van der Waals surface area (Å²) in [6, 6.07) is 0.273. The first kappa shape index (κ1) is 15.0. The Kier molecular flexibility index (Phi) is 4.42. The normalized spacial score (nSPS) is 22.6. The highest BCUT2D eigenvalue weighted by atomic mass is 35.5. The monoisotopic (exact) mass is 298 g/mol. The van der Waals surface area contributed by atoms with Crippen LogP contribution >= 0.6 is 11.6 Å². The summed E-state index contributed by atoms with van der Waals surface area (Å²) in [5.74, 6) is 1.05. The standard InChI is InChI=1S/C13H19ClN4O2/c1-8-4-6-10(7-5-8)17(3)12-11(18(19)20)9(2)15-13(14)16-12/h8,10H,4-7H2,1-3H3. The molecular formula is C13H19ClN4O2. The molecule has 1 aromatic heterocycles. The van der Waals surface area contributed by atoms with Gasteiger partial charge in [-0.05, 0) is 50.1 Å². The Morgan fingerprint density at radius 2 is 1.90 bits per heavy atom. The Balaban J connectivity index is 2.33. The number of rotatable bonds is 3. The van der Waals surface area contributed by atoms with Crippen molar-refractivity contribution >= 4 is 23.1 Å². The molecule has 0 unspecified atom stereocenters. The number of hydrogen-bond donors (Lipinski definition) is 0. The number of nitrogens with zero attached hydrogens (tertiary/aromatic N) is 4. The summed E-state index contributed by atoms with van der Waals surface area (Å²) in [6.45, 7) is 3.83. The molecule has 1 aliphatic rings. The fourth-order valence-electron chi connectivity index (χ4n) is 2.78. The van der Waals surface area contributed by atoms with Crippen LogP contribution in [0, 0.1) is 23.0 Å². The van der Waals surface area contributed by atoms with Gasteiger partial charge in [0, 0.05) is 13.1 Å². The van der Waals surface area contributed by atoms with Crippen LogP contribution in [0.15, 0.2) is 0 Å². The second-order valence-corrected chi connectivity index (χ2v) is 5.87. The molecule has 1 aliphatic carbocycles. The molecule has 0 aromatic carbocycles. The van der Waals surface area contributed by atoms with E-state index in [0.717, 1.165) is 31.6 Å². The number of halogens is 1. The van der Waals surface area contributed by atoms with Gasteiger partial charge in [0.25, 0.3) is 0 Å². The van der Waals surface area contributed by atoms with Crippen LogP contribution in [-0.4, -0.2) is 28.0 Å². The van der Waals surface area contributed by atoms with Crippen LogP contribution in [0.4, 0.5) is 11.5 Å². The SMILES string of the molecule is Cc1nc(Cl)nc(N(C)C2CCC(C)CC2)c1[N+](=O)[O-]. The Morgan fingerprint density at radius 1 is 1.30 bits per heavy atom. The van der Waals surface area contributed by atoms with E-state index in [4.69, 9.17) is 11.6 Å². The molecule has 0 bridgehead atoms. The summed E-state index contributed by atoms with van der Waals surface area (Å²) < 4.78 is 0. The van der Waals surface area contributed by atoms with E-state index in [9.17, 15) is 10.1 Å². The highest BCUT2D eigenvalue weighted by Gasteiger charge is 2.30. The van der Waals surface area contributed by atoms with Crippen molar-refractivity contribution in [1.82, 2.24) is 9.97 Å². The van der Waals surface area contributed by atoms with Crippen LogP contribution in [0.2, 0.25) is 5.28 Å². The highest BCUT2D eigenvalue weighted by molar-refractivity contribution is 6.28. The minimum atomic E-state index is -0.428. The molecule has 0 amide bonds. The average molecular weight is 299 g/mol. The third kappa shape index (κ3) is 3.00. The molecule has 0 spiro atoms. The zero-order valence-electron chi connectivity index (χ0n) is 12.0. The molecule has 0 saturated heterocycles. The number of aryl methyl sites for hydroxylation is 1. The number of anilines is 1. The smallest absolute Gasteiger partial charge is 0.332 e. The molecule has 1 saturated carbocycles. The molecule has 0 aliphatic heterocycles. The maximum Gasteiger partial charge on any atom is 0.332 e. The lowest BCUT2D eigenvalue weighted by molar-refractivity contribution is -0.385. The van der Waals surface area contributed by atoms with Gasteiger partial charge in [-0.2, -0.15) is 4.98 Å². The molecule has 1 heterocycles. The topological polar surface area (TPSA) is 72.2 Å². The minimum absolute atomic E-state index is 0.0458. The van der Waals surface area contributed by atoms with Gasteiger partial charge in [-0.15, -0.1) is 0 Å². The molecule has 1 fully saturated rings. The largest absolute Gasteiger partial charge is 0.351 e. The van der Waals surface area contributed by atoms with E-state index in [1.54, 1.807) is 6.92 Å². The van der Waals surface area contributed by atoms with Gasteiger partial charge in [0.15, 0.2) is 0 Å². The first-order chi connectivity index (χ1) is 9.40. The Morgan fingerprint density at radius 3 is 2.45 bits per heavy atom. The Hall–Kier alpha value is -1.43. The predicted octanol–water partition coefficient (Wildman–Crippen LogP) is 3.36. The van der Waals surface area contributed by atoms with Gasteiger partial charge in [0.05, 0.1) is 4.92 Å². The molecule has 7 heteroatoms. The summed E-state index contributed by atoms with van der Waals surface area (Å²) in [4.78, 5) is 20.7.